The van der Waals surface area contributed by atoms with Gasteiger partial charge in [-0.3, -0.25) is 11.7 Å². The van der Waals surface area contributed by atoms with Gasteiger partial charge in [-0.05, 0) is 55.4 Å². The Kier molecular flexibility index (Phi) is 22.7. The predicted octanol–water partition coefficient (Wildman–Crippen LogP) is 3.76. The number of hydrogen-bond acceptors (Lipinski definition) is 3. The summed E-state index contributed by atoms with van der Waals surface area (Å²) >= 11 is 0. The van der Waals surface area contributed by atoms with Crippen molar-refractivity contribution in [2.24, 2.45) is 5.73 Å². The minimum atomic E-state index is -0.236. The average Bonchev–Trinajstić information content (AvgIpc) is 2.48. The molecule has 0 amide bonds. The van der Waals surface area contributed by atoms with E-state index in [1.807, 2.05) is 0 Å². The van der Waals surface area contributed by atoms with Gasteiger partial charge in [0, 0.05) is 42.0 Å². The average molecular weight is 482 g/mol. The van der Waals surface area contributed by atoms with Crippen molar-refractivity contribution in [3.8, 4) is 0 Å². The monoisotopic (exact) mass is 482 g/mol. The van der Waals surface area contributed by atoms with Gasteiger partial charge in [0.1, 0.15) is 0 Å². The molecular formula is C19H46N2OP2Ru+4. The van der Waals surface area contributed by atoms with Gasteiger partial charge in [0.25, 0.3) is 0 Å². The van der Waals surface area contributed by atoms with Gasteiger partial charge >= 0.3 is 19.5 Å². The van der Waals surface area contributed by atoms with E-state index in [-0.39, 0.29) is 35.3 Å². The first-order valence-corrected chi connectivity index (χ1v) is 13.3. The molecule has 2 N–H and O–H groups in total. The third-order valence-electron chi connectivity index (χ3n) is 4.85. The van der Waals surface area contributed by atoms with Crippen molar-refractivity contribution in [3.63, 3.8) is 0 Å². The fourth-order valence-electron chi connectivity index (χ4n) is 3.58. The zero-order valence-electron chi connectivity index (χ0n) is 17.9. The molecule has 0 aliphatic carbocycles. The molecule has 3 nitrogen and oxygen atoms in total. The van der Waals surface area contributed by atoms with Crippen molar-refractivity contribution in [1.82, 2.24) is 4.90 Å². The molecule has 0 heterocycles. The summed E-state index contributed by atoms with van der Waals surface area (Å²) in [5, 5.41) is 0. The van der Waals surface area contributed by atoms with Gasteiger partial charge in [-0.2, -0.15) is 0 Å². The molecule has 6 heteroatoms. The van der Waals surface area contributed by atoms with E-state index in [2.05, 4.69) is 67.1 Å². The Balaban J connectivity index is -0.00000155. The summed E-state index contributed by atoms with van der Waals surface area (Å²) in [6, 6.07) is 0. The Morgan fingerprint density at radius 3 is 1.20 bits per heavy atom. The van der Waals surface area contributed by atoms with Crippen molar-refractivity contribution in [2.75, 3.05) is 38.5 Å². The molecular weight excluding hydrogens is 435 g/mol. The summed E-state index contributed by atoms with van der Waals surface area (Å²) < 4.78 is 0. The van der Waals surface area contributed by atoms with E-state index >= 15 is 0 Å². The van der Waals surface area contributed by atoms with Crippen LogP contribution in [0.4, 0.5) is 0 Å². The third-order valence-corrected chi connectivity index (χ3v) is 12.4. The van der Waals surface area contributed by atoms with Crippen LogP contribution >= 0.6 is 15.8 Å². The van der Waals surface area contributed by atoms with Crippen molar-refractivity contribution >= 4 is 22.6 Å². The fraction of sp³-hybridized carbons (Fsp3) is 0.947. The first-order valence-electron chi connectivity index (χ1n) is 9.57. The maximum atomic E-state index is 7.75. The minimum absolute atomic E-state index is 0. The van der Waals surface area contributed by atoms with Gasteiger partial charge in [0.05, 0.1) is 35.0 Å². The molecule has 0 aliphatic rings. The van der Waals surface area contributed by atoms with Gasteiger partial charge in [0.2, 0.25) is 0 Å². The van der Waals surface area contributed by atoms with Crippen molar-refractivity contribution < 1.29 is 24.3 Å². The molecule has 0 unspecified atom stereocenters. The van der Waals surface area contributed by atoms with Gasteiger partial charge in [0.15, 0.2) is 0 Å². The fourth-order valence-corrected chi connectivity index (χ4v) is 9.71. The second kappa shape index (κ2) is 18.4. The summed E-state index contributed by atoms with van der Waals surface area (Å²) in [5.41, 5.74) is 9.40. The van der Waals surface area contributed by atoms with E-state index in [1.165, 1.54) is 25.4 Å². The first-order chi connectivity index (χ1) is 11.2. The molecule has 0 aromatic rings. The van der Waals surface area contributed by atoms with E-state index < -0.39 is 0 Å². The summed E-state index contributed by atoms with van der Waals surface area (Å²) in [6.07, 6.45) is 2.84. The molecule has 25 heavy (non-hydrogen) atoms. The van der Waals surface area contributed by atoms with Crippen LogP contribution in [0.5, 0.6) is 0 Å². The van der Waals surface area contributed by atoms with E-state index in [0.29, 0.717) is 0 Å². The molecule has 1 radical (unpaired) electrons. The Labute approximate surface area is 173 Å². The van der Waals surface area contributed by atoms with Gasteiger partial charge in [-0.1, -0.05) is 0 Å². The van der Waals surface area contributed by atoms with Crippen LogP contribution in [-0.2, 0) is 24.3 Å². The topological polar surface area (TPSA) is 46.3 Å². The Morgan fingerprint density at radius 2 is 1.00 bits per heavy atom. The molecule has 0 aromatic heterocycles. The Bertz CT molecular complexity index is 253. The standard InChI is InChI=1S/C18H42N2P2.CHO.Ru.H/c1-15(2)21(16(3)4)13-11-20(10-9-19)12-14-22(17(5)6)18(7)8;1-2;;/h15-18H,9-14,19H2,1-8H3;1H;;/q;-1;+3;/p+2. The summed E-state index contributed by atoms with van der Waals surface area (Å²) in [5.74, 6) is 0. The summed E-state index contributed by atoms with van der Waals surface area (Å²) in [4.78, 5) is 10.4. The number of carbonyl (C=O) groups excluding carboxylic acids is 1. The zero-order chi connectivity index (χ0) is 19.3. The van der Waals surface area contributed by atoms with Crippen LogP contribution in [0.2, 0.25) is 0 Å². The van der Waals surface area contributed by atoms with Gasteiger partial charge in [-0.15, -0.1) is 0 Å². The van der Waals surface area contributed by atoms with Gasteiger partial charge < -0.3 is 10.5 Å². The third kappa shape index (κ3) is 14.8. The summed E-state index contributed by atoms with van der Waals surface area (Å²) in [6.45, 7) is 27.0. The predicted molar refractivity (Wildman–Crippen MR) is 121 cm³/mol. The molecule has 0 spiro atoms. The molecule has 0 fully saturated rings. The molecule has 0 saturated carbocycles. The van der Waals surface area contributed by atoms with Crippen LogP contribution < -0.4 is 5.73 Å². The van der Waals surface area contributed by atoms with E-state index in [0.717, 1.165) is 35.7 Å². The normalized spacial score (nSPS) is 11.7. The second-order valence-electron chi connectivity index (χ2n) is 7.90. The van der Waals surface area contributed by atoms with Crippen molar-refractivity contribution in [1.29, 1.82) is 0 Å². The molecule has 0 aromatic carbocycles. The van der Waals surface area contributed by atoms with E-state index in [4.69, 9.17) is 10.5 Å². The first kappa shape index (κ1) is 30.8. The van der Waals surface area contributed by atoms with Crippen LogP contribution in [0, 0.1) is 0 Å². The Morgan fingerprint density at radius 1 is 0.720 bits per heavy atom. The number of nitrogens with zero attached hydrogens (tertiary/aromatic N) is 1. The van der Waals surface area contributed by atoms with E-state index in [9.17, 15) is 0 Å². The SMILES string of the molecule is CC(C)[PH+](CCN(CCN)CC[PH+](C(C)C)C(C)C)C(C)C.[CH-]=O.[RuH+3]. The molecule has 0 atom stereocenters. The van der Waals surface area contributed by atoms with Gasteiger partial charge in [-0.25, -0.2) is 0 Å². The van der Waals surface area contributed by atoms with E-state index in [1.54, 1.807) is 0 Å². The molecule has 0 aliphatic heterocycles. The molecule has 152 valence electrons. The zero-order valence-corrected chi connectivity index (χ0v) is 21.8. The second-order valence-corrected chi connectivity index (χ2v) is 15.8. The Hall–Kier alpha value is 1.07. The van der Waals surface area contributed by atoms with Crippen LogP contribution in [0.3, 0.4) is 0 Å². The van der Waals surface area contributed by atoms with Crippen LogP contribution in [-0.4, -0.2) is 72.8 Å². The molecule has 0 saturated heterocycles. The molecule has 0 rings (SSSR count). The number of hydrogen-bond donors (Lipinski definition) is 1. The van der Waals surface area contributed by atoms with Crippen molar-refractivity contribution in [2.45, 2.75) is 78.0 Å². The molecule has 0 bridgehead atoms. The number of nitrogens with two attached hydrogens (primary N) is 1. The summed E-state index contributed by atoms with van der Waals surface area (Å²) in [7, 11) is -0.472. The quantitative estimate of drug-likeness (QED) is 0.200. The number of rotatable bonds is 12. The van der Waals surface area contributed by atoms with Crippen LogP contribution in [0.15, 0.2) is 0 Å². The maximum absolute atomic E-state index is 7.75. The van der Waals surface area contributed by atoms with Crippen LogP contribution in [0.25, 0.3) is 0 Å². The van der Waals surface area contributed by atoms with Crippen molar-refractivity contribution in [3.05, 3.63) is 0 Å². The van der Waals surface area contributed by atoms with Crippen LogP contribution in [0.1, 0.15) is 55.4 Å².